The van der Waals surface area contributed by atoms with Crippen molar-refractivity contribution in [3.63, 3.8) is 0 Å². The normalized spacial score (nSPS) is 10.8. The second-order valence-corrected chi connectivity index (χ2v) is 5.48. The Bertz CT molecular complexity index is 546. The first-order valence-corrected chi connectivity index (χ1v) is 7.96. The number of guanidine groups is 1. The van der Waals surface area contributed by atoms with Crippen LogP contribution in [0.1, 0.15) is 18.3 Å². The van der Waals surface area contributed by atoms with E-state index in [-0.39, 0.29) is 22.5 Å². The summed E-state index contributed by atoms with van der Waals surface area (Å²) < 4.78 is 0. The molecule has 0 amide bonds. The molecule has 1 atom stereocenters. The molecule has 25 heavy (non-hydrogen) atoms. The second-order valence-electron chi connectivity index (χ2n) is 4.37. The molecule has 1 aromatic rings. The SMILES string of the molecule is CC(N)C(=O)[O-].CN=C(NC#N)NCCSCc1nc[nH]c1C.[Cu+2].[OH-]. The summed E-state index contributed by atoms with van der Waals surface area (Å²) in [6, 6.07) is -0.843. The van der Waals surface area contributed by atoms with E-state index in [0.717, 1.165) is 29.4 Å². The van der Waals surface area contributed by atoms with E-state index in [1.54, 1.807) is 25.1 Å². The van der Waals surface area contributed by atoms with Crippen molar-refractivity contribution in [2.45, 2.75) is 25.6 Å². The smallest absolute Gasteiger partial charge is 0.870 e. The minimum absolute atomic E-state index is 0. The molecular weight excluding hydrogens is 398 g/mol. The summed E-state index contributed by atoms with van der Waals surface area (Å²) in [5.74, 6) is 1.11. The van der Waals surface area contributed by atoms with Crippen molar-refractivity contribution < 1.29 is 32.4 Å². The number of aliphatic imine (C=N–C) groups is 1. The number of thioether (sulfide) groups is 1. The molecule has 0 aromatic carbocycles. The summed E-state index contributed by atoms with van der Waals surface area (Å²) in [4.78, 5) is 20.6. The van der Waals surface area contributed by atoms with E-state index in [9.17, 15) is 9.90 Å². The number of aromatic nitrogens is 2. The topological polar surface area (TPSA) is 185 Å². The Kier molecular flexibility index (Phi) is 19.1. The number of hydrogen-bond donors (Lipinski definition) is 4. The van der Waals surface area contributed by atoms with Crippen molar-refractivity contribution in [3.8, 4) is 6.19 Å². The number of rotatable bonds is 6. The number of carboxylic acid groups (broad SMARTS) is 1. The summed E-state index contributed by atoms with van der Waals surface area (Å²) in [5, 5.41) is 23.4. The zero-order valence-electron chi connectivity index (χ0n) is 14.2. The number of imidazole rings is 1. The average molecular weight is 421 g/mol. The molecular formula is C13H23CuN7O3S. The summed E-state index contributed by atoms with van der Waals surface area (Å²) in [6.45, 7) is 4.13. The maximum absolute atomic E-state index is 9.46. The number of aryl methyl sites for hydroxylation is 1. The van der Waals surface area contributed by atoms with Crippen molar-refractivity contribution >= 4 is 23.7 Å². The van der Waals surface area contributed by atoms with Crippen LogP contribution < -0.4 is 21.5 Å². The van der Waals surface area contributed by atoms with E-state index >= 15 is 0 Å². The van der Waals surface area contributed by atoms with Crippen molar-refractivity contribution in [1.82, 2.24) is 20.6 Å². The molecule has 6 N–H and O–H groups in total. The van der Waals surface area contributed by atoms with E-state index < -0.39 is 12.0 Å². The maximum atomic E-state index is 9.46. The maximum Gasteiger partial charge on any atom is 2.00 e. The monoisotopic (exact) mass is 420 g/mol. The van der Waals surface area contributed by atoms with Crippen LogP contribution in [-0.2, 0) is 27.6 Å². The van der Waals surface area contributed by atoms with E-state index in [1.807, 2.05) is 13.1 Å². The van der Waals surface area contributed by atoms with Crippen molar-refractivity contribution in [2.75, 3.05) is 19.3 Å². The van der Waals surface area contributed by atoms with Gasteiger partial charge in [0.15, 0.2) is 6.19 Å². The number of aliphatic carboxylic acids is 1. The molecule has 1 heterocycles. The first kappa shape index (κ1) is 28.0. The number of carbonyl (C=O) groups excluding carboxylic acids is 1. The predicted octanol–water partition coefficient (Wildman–Crippen LogP) is -1.50. The number of nitrogens with zero attached hydrogens (tertiary/aromatic N) is 3. The van der Waals surface area contributed by atoms with Gasteiger partial charge in [0.05, 0.1) is 18.0 Å². The van der Waals surface area contributed by atoms with E-state index in [2.05, 4.69) is 25.6 Å². The number of aromatic amines is 1. The van der Waals surface area contributed by atoms with Crippen LogP contribution in [0, 0.1) is 18.4 Å². The molecule has 0 bridgehead atoms. The molecule has 145 valence electrons. The van der Waals surface area contributed by atoms with Gasteiger partial charge in [-0.05, 0) is 13.8 Å². The zero-order chi connectivity index (χ0) is 17.7. The number of carbonyl (C=O) groups is 1. The summed E-state index contributed by atoms with van der Waals surface area (Å²) >= 11 is 1.79. The van der Waals surface area contributed by atoms with Crippen molar-refractivity contribution in [2.24, 2.45) is 10.7 Å². The van der Waals surface area contributed by atoms with Gasteiger partial charge >= 0.3 is 17.1 Å². The van der Waals surface area contributed by atoms with Gasteiger partial charge < -0.3 is 31.4 Å². The first-order valence-electron chi connectivity index (χ1n) is 6.81. The molecule has 12 heteroatoms. The molecule has 0 aliphatic rings. The summed E-state index contributed by atoms with van der Waals surface area (Å²) in [6.07, 6.45) is 3.54. The van der Waals surface area contributed by atoms with Crippen molar-refractivity contribution in [3.05, 3.63) is 17.7 Å². The Morgan fingerprint density at radius 1 is 1.64 bits per heavy atom. The number of H-pyrrole nitrogens is 1. The Morgan fingerprint density at radius 2 is 2.24 bits per heavy atom. The van der Waals surface area contributed by atoms with Gasteiger partial charge in [-0.1, -0.05) is 0 Å². The molecule has 0 aliphatic heterocycles. The Balaban J connectivity index is -0.000000525. The number of carboxylic acids is 1. The van der Waals surface area contributed by atoms with Crippen LogP contribution in [0.4, 0.5) is 0 Å². The van der Waals surface area contributed by atoms with Gasteiger partial charge in [0.1, 0.15) is 0 Å². The fourth-order valence-corrected chi connectivity index (χ4v) is 2.05. The molecule has 1 aromatic heterocycles. The molecule has 1 rings (SSSR count). The van der Waals surface area contributed by atoms with E-state index in [4.69, 9.17) is 11.0 Å². The number of hydrogen-bond acceptors (Lipinski definition) is 8. The summed E-state index contributed by atoms with van der Waals surface area (Å²) in [7, 11) is 1.63. The standard InChI is InChI=1S/C10H16N6S.C3H7NO2.Cu.H2O/c1-8-9(16-7-15-8)5-17-4-3-13-10(12-2)14-6-11;1-2(4)3(5)6;;/h7H,3-5H2,1-2H3,(H,15,16)(H2,12,13,14);2H,4H2,1H3,(H,5,6);;1H2/q;;+2;/p-2. The second kappa shape index (κ2) is 17.1. The molecule has 0 fully saturated rings. The third-order valence-corrected chi connectivity index (χ3v) is 3.45. The van der Waals surface area contributed by atoms with Gasteiger partial charge in [-0.15, -0.1) is 0 Å². The predicted molar refractivity (Wildman–Crippen MR) is 90.2 cm³/mol. The van der Waals surface area contributed by atoms with Crippen LogP contribution >= 0.6 is 11.8 Å². The van der Waals surface area contributed by atoms with Gasteiger partial charge in [-0.2, -0.15) is 17.0 Å². The fraction of sp³-hybridized carbons (Fsp3) is 0.538. The summed E-state index contributed by atoms with van der Waals surface area (Å²) in [5.41, 5.74) is 6.98. The largest absolute Gasteiger partial charge is 2.00 e. The Labute approximate surface area is 161 Å². The van der Waals surface area contributed by atoms with Gasteiger partial charge in [-0.3, -0.25) is 10.3 Å². The molecule has 10 nitrogen and oxygen atoms in total. The first-order chi connectivity index (χ1) is 10.9. The van der Waals surface area contributed by atoms with Gasteiger partial charge in [-0.25, -0.2) is 4.98 Å². The molecule has 0 spiro atoms. The third kappa shape index (κ3) is 14.3. The Hall–Kier alpha value is -1.77. The molecule has 1 radical (unpaired) electrons. The van der Waals surface area contributed by atoms with E-state index in [1.165, 1.54) is 6.92 Å². The molecule has 1 unspecified atom stereocenters. The minimum Gasteiger partial charge on any atom is -0.870 e. The van der Waals surface area contributed by atoms with Crippen LogP contribution in [0.15, 0.2) is 11.3 Å². The molecule has 0 aliphatic carbocycles. The third-order valence-electron chi connectivity index (χ3n) is 2.48. The van der Waals surface area contributed by atoms with Crippen LogP contribution in [0.2, 0.25) is 0 Å². The van der Waals surface area contributed by atoms with Crippen LogP contribution in [0.3, 0.4) is 0 Å². The Morgan fingerprint density at radius 3 is 2.64 bits per heavy atom. The zero-order valence-corrected chi connectivity index (χ0v) is 15.9. The fourth-order valence-electron chi connectivity index (χ4n) is 1.18. The molecule has 0 saturated heterocycles. The van der Waals surface area contributed by atoms with Gasteiger partial charge in [0.2, 0.25) is 5.96 Å². The van der Waals surface area contributed by atoms with E-state index in [0.29, 0.717) is 5.96 Å². The molecule has 0 saturated carbocycles. The minimum atomic E-state index is -1.21. The van der Waals surface area contributed by atoms with Crippen LogP contribution in [0.5, 0.6) is 0 Å². The van der Waals surface area contributed by atoms with Crippen LogP contribution in [0.25, 0.3) is 0 Å². The number of nitrogens with one attached hydrogen (secondary N) is 3. The number of nitrogens with two attached hydrogens (primary N) is 1. The van der Waals surface area contributed by atoms with Gasteiger partial charge in [0.25, 0.3) is 0 Å². The van der Waals surface area contributed by atoms with Gasteiger partial charge in [0, 0.05) is 36.8 Å². The average Bonchev–Trinajstić information content (AvgIpc) is 2.91. The van der Waals surface area contributed by atoms with Crippen molar-refractivity contribution in [1.29, 1.82) is 5.26 Å². The van der Waals surface area contributed by atoms with Crippen LogP contribution in [-0.4, -0.2) is 52.8 Å². The number of nitriles is 1. The quantitative estimate of drug-likeness (QED) is 0.106.